The van der Waals surface area contributed by atoms with Gasteiger partial charge in [-0.25, -0.2) is 8.42 Å². The van der Waals surface area contributed by atoms with Gasteiger partial charge in [-0.2, -0.15) is 0 Å². The lowest BCUT2D eigenvalue weighted by Gasteiger charge is -2.33. The number of rotatable bonds is 13. The molecule has 0 unspecified atom stereocenters. The summed E-state index contributed by atoms with van der Waals surface area (Å²) in [5, 5.41) is 3.00. The second-order valence-electron chi connectivity index (χ2n) is 10.5. The molecule has 0 aliphatic heterocycles. The van der Waals surface area contributed by atoms with Crippen LogP contribution in [-0.4, -0.2) is 50.0 Å². The van der Waals surface area contributed by atoms with Crippen molar-refractivity contribution >= 4 is 27.5 Å². The molecule has 40 heavy (non-hydrogen) atoms. The maximum absolute atomic E-state index is 13.9. The average Bonchev–Trinajstić information content (AvgIpc) is 2.89. The molecule has 0 heterocycles. The number of para-hydroxylation sites is 1. The van der Waals surface area contributed by atoms with Gasteiger partial charge in [-0.15, -0.1) is 0 Å². The van der Waals surface area contributed by atoms with Crippen molar-refractivity contribution in [1.29, 1.82) is 0 Å². The Morgan fingerprint density at radius 1 is 0.850 bits per heavy atom. The van der Waals surface area contributed by atoms with Gasteiger partial charge in [-0.1, -0.05) is 72.8 Å². The normalized spacial score (nSPS) is 12.2. The van der Waals surface area contributed by atoms with Gasteiger partial charge in [0.1, 0.15) is 6.04 Å². The topological polar surface area (TPSA) is 86.8 Å². The number of carbonyl (C=O) groups is 2. The van der Waals surface area contributed by atoms with Crippen LogP contribution in [0.5, 0.6) is 0 Å². The number of amides is 2. The Balaban J connectivity index is 1.90. The summed E-state index contributed by atoms with van der Waals surface area (Å²) in [6, 6.07) is 24.0. The number of benzene rings is 3. The first-order chi connectivity index (χ1) is 19.0. The highest BCUT2D eigenvalue weighted by molar-refractivity contribution is 7.92. The van der Waals surface area contributed by atoms with E-state index >= 15 is 0 Å². The van der Waals surface area contributed by atoms with Gasteiger partial charge in [-0.05, 0) is 62.4 Å². The number of nitrogens with zero attached hydrogens (tertiary/aromatic N) is 2. The first kappa shape index (κ1) is 30.9. The second-order valence-corrected chi connectivity index (χ2v) is 12.4. The van der Waals surface area contributed by atoms with Gasteiger partial charge in [0.25, 0.3) is 0 Å². The van der Waals surface area contributed by atoms with E-state index in [1.807, 2.05) is 94.4 Å². The lowest BCUT2D eigenvalue weighted by Crippen LogP contribution is -2.52. The van der Waals surface area contributed by atoms with E-state index in [4.69, 9.17) is 0 Å². The molecule has 2 amide bonds. The Kier molecular flexibility index (Phi) is 10.9. The summed E-state index contributed by atoms with van der Waals surface area (Å²) in [7, 11) is -3.55. The van der Waals surface area contributed by atoms with Crippen LogP contribution in [0.2, 0.25) is 0 Å². The van der Waals surface area contributed by atoms with E-state index in [9.17, 15) is 18.0 Å². The third-order valence-electron chi connectivity index (χ3n) is 6.84. The van der Waals surface area contributed by atoms with Crippen LogP contribution < -0.4 is 9.62 Å². The molecular formula is C32H41N3O4S. The van der Waals surface area contributed by atoms with Gasteiger partial charge < -0.3 is 10.2 Å². The van der Waals surface area contributed by atoms with Crippen molar-refractivity contribution in [1.82, 2.24) is 10.2 Å². The zero-order valence-electron chi connectivity index (χ0n) is 24.1. The maximum Gasteiger partial charge on any atom is 0.243 e. The number of hydrogen-bond acceptors (Lipinski definition) is 4. The van der Waals surface area contributed by atoms with Crippen molar-refractivity contribution in [2.24, 2.45) is 0 Å². The summed E-state index contributed by atoms with van der Waals surface area (Å²) in [6.07, 6.45) is 1.96. The molecule has 0 radical (unpaired) electrons. The van der Waals surface area contributed by atoms with Crippen molar-refractivity contribution < 1.29 is 18.0 Å². The molecule has 3 aromatic carbocycles. The largest absolute Gasteiger partial charge is 0.352 e. The van der Waals surface area contributed by atoms with Crippen LogP contribution in [0.4, 0.5) is 5.69 Å². The Morgan fingerprint density at radius 2 is 1.45 bits per heavy atom. The van der Waals surface area contributed by atoms with Crippen molar-refractivity contribution in [3.8, 4) is 0 Å². The Morgan fingerprint density at radius 3 is 2.05 bits per heavy atom. The Labute approximate surface area is 239 Å². The summed E-state index contributed by atoms with van der Waals surface area (Å²) in [6.45, 7) is 8.10. The number of anilines is 1. The van der Waals surface area contributed by atoms with E-state index in [0.717, 1.165) is 22.3 Å². The molecule has 214 valence electrons. The fraction of sp³-hybridized carbons (Fsp3) is 0.375. The van der Waals surface area contributed by atoms with Crippen molar-refractivity contribution in [3.05, 3.63) is 101 Å². The monoisotopic (exact) mass is 563 g/mol. The van der Waals surface area contributed by atoms with Crippen LogP contribution in [0.3, 0.4) is 0 Å². The molecule has 8 heteroatoms. The van der Waals surface area contributed by atoms with Crippen molar-refractivity contribution in [3.63, 3.8) is 0 Å². The van der Waals surface area contributed by atoms with Crippen LogP contribution in [-0.2, 0) is 32.6 Å². The maximum atomic E-state index is 13.9. The molecular weight excluding hydrogens is 522 g/mol. The van der Waals surface area contributed by atoms with Gasteiger partial charge in [-0.3, -0.25) is 13.9 Å². The molecule has 7 nitrogen and oxygen atoms in total. The smallest absolute Gasteiger partial charge is 0.243 e. The van der Waals surface area contributed by atoms with E-state index in [2.05, 4.69) is 5.32 Å². The fourth-order valence-corrected chi connectivity index (χ4v) is 5.75. The van der Waals surface area contributed by atoms with Gasteiger partial charge in [0.2, 0.25) is 21.8 Å². The molecule has 0 aliphatic rings. The molecule has 1 atom stereocenters. The number of hydrogen-bond donors (Lipinski definition) is 1. The highest BCUT2D eigenvalue weighted by Gasteiger charge is 2.31. The zero-order valence-corrected chi connectivity index (χ0v) is 24.9. The van der Waals surface area contributed by atoms with E-state index in [1.165, 1.54) is 10.6 Å². The summed E-state index contributed by atoms with van der Waals surface area (Å²) < 4.78 is 26.7. The standard InChI is InChI=1S/C32H41N3O4S/c1-24(2)33-32(37)30(22-27-16-7-6-8-17-27)34(23-28-18-11-9-14-25(28)3)31(36)20-13-21-35(40(5,38)39)29-19-12-10-15-26(29)4/h6-12,14-19,24,30H,13,20-23H2,1-5H3,(H,33,37)/t30-/m1/s1. The molecule has 3 rings (SSSR count). The molecule has 0 saturated carbocycles. The minimum atomic E-state index is -3.55. The van der Waals surface area contributed by atoms with Crippen LogP contribution in [0.15, 0.2) is 78.9 Å². The van der Waals surface area contributed by atoms with Crippen LogP contribution in [0.1, 0.15) is 48.9 Å². The molecule has 0 aliphatic carbocycles. The predicted octanol–water partition coefficient (Wildman–Crippen LogP) is 5.01. The minimum Gasteiger partial charge on any atom is -0.352 e. The summed E-state index contributed by atoms with van der Waals surface area (Å²) in [5.74, 6) is -0.403. The Bertz CT molecular complexity index is 1390. The predicted molar refractivity (Wildman–Crippen MR) is 162 cm³/mol. The second kappa shape index (κ2) is 14.1. The summed E-state index contributed by atoms with van der Waals surface area (Å²) >= 11 is 0. The van der Waals surface area contributed by atoms with Gasteiger partial charge >= 0.3 is 0 Å². The highest BCUT2D eigenvalue weighted by Crippen LogP contribution is 2.23. The van der Waals surface area contributed by atoms with Gasteiger partial charge in [0, 0.05) is 32.0 Å². The molecule has 0 fully saturated rings. The molecule has 0 saturated heterocycles. The molecule has 0 bridgehead atoms. The van der Waals surface area contributed by atoms with Crippen molar-refractivity contribution in [2.45, 2.75) is 65.6 Å². The SMILES string of the molecule is Cc1ccccc1CN(C(=O)CCCN(c1ccccc1C)S(C)(=O)=O)[C@H](Cc1ccccc1)C(=O)NC(C)C. The number of aryl methyl sites for hydroxylation is 2. The number of nitrogens with one attached hydrogen (secondary N) is 1. The summed E-state index contributed by atoms with van der Waals surface area (Å²) in [5.41, 5.74) is 4.40. The number of carbonyl (C=O) groups excluding carboxylic acids is 2. The highest BCUT2D eigenvalue weighted by atomic mass is 32.2. The van der Waals surface area contributed by atoms with Crippen LogP contribution in [0, 0.1) is 13.8 Å². The van der Waals surface area contributed by atoms with E-state index in [1.54, 1.807) is 17.0 Å². The quantitative estimate of drug-likeness (QED) is 0.317. The molecule has 0 spiro atoms. The summed E-state index contributed by atoms with van der Waals surface area (Å²) in [4.78, 5) is 29.1. The van der Waals surface area contributed by atoms with Gasteiger partial charge in [0.15, 0.2) is 0 Å². The first-order valence-corrected chi connectivity index (χ1v) is 15.5. The third-order valence-corrected chi connectivity index (χ3v) is 8.02. The molecule has 3 aromatic rings. The molecule has 1 N–H and O–H groups in total. The van der Waals surface area contributed by atoms with E-state index in [-0.39, 0.29) is 37.4 Å². The zero-order chi connectivity index (χ0) is 29.3. The lowest BCUT2D eigenvalue weighted by atomic mass is 10.0. The lowest BCUT2D eigenvalue weighted by molar-refractivity contribution is -0.141. The Hall–Kier alpha value is -3.65. The van der Waals surface area contributed by atoms with Crippen molar-refractivity contribution in [2.75, 3.05) is 17.1 Å². The third kappa shape index (κ3) is 8.68. The first-order valence-electron chi connectivity index (χ1n) is 13.7. The fourth-order valence-electron chi connectivity index (χ4n) is 4.73. The van der Waals surface area contributed by atoms with Gasteiger partial charge in [0.05, 0.1) is 11.9 Å². The van der Waals surface area contributed by atoms with E-state index in [0.29, 0.717) is 18.5 Å². The minimum absolute atomic E-state index is 0.0846. The van der Waals surface area contributed by atoms with Crippen LogP contribution >= 0.6 is 0 Å². The molecule has 0 aromatic heterocycles. The van der Waals surface area contributed by atoms with E-state index < -0.39 is 16.1 Å². The van der Waals surface area contributed by atoms with Crippen LogP contribution in [0.25, 0.3) is 0 Å². The average molecular weight is 564 g/mol. The number of sulfonamides is 1.